The van der Waals surface area contributed by atoms with Crippen LogP contribution in [0.15, 0.2) is 0 Å². The van der Waals surface area contributed by atoms with Gasteiger partial charge in [0.15, 0.2) is 0 Å². The molecule has 0 aliphatic rings. The van der Waals surface area contributed by atoms with Gasteiger partial charge in [-0.05, 0) is 34.6 Å². The average Bonchev–Trinajstić information content (AvgIpc) is 2.12. The first-order valence-corrected chi connectivity index (χ1v) is 5.54. The third kappa shape index (κ3) is 4.61. The number of hydrogen-bond donors (Lipinski definition) is 2. The van der Waals surface area contributed by atoms with Crippen molar-refractivity contribution in [3.63, 3.8) is 0 Å². The molecular formula is C11H22N2O3. The maximum absolute atomic E-state index is 11.8. The SMILES string of the molecule is CC(NCC(=O)N(C(C)C)C(C)C)C(=O)O. The molecule has 0 heterocycles. The molecule has 0 aliphatic carbocycles. The fraction of sp³-hybridized carbons (Fsp3) is 0.818. The van der Waals surface area contributed by atoms with Crippen molar-refractivity contribution in [3.05, 3.63) is 0 Å². The Morgan fingerprint density at radius 3 is 1.88 bits per heavy atom. The molecule has 5 nitrogen and oxygen atoms in total. The Morgan fingerprint density at radius 1 is 1.12 bits per heavy atom. The number of hydrogen-bond acceptors (Lipinski definition) is 3. The number of amides is 1. The van der Waals surface area contributed by atoms with E-state index in [9.17, 15) is 9.59 Å². The molecule has 0 aromatic heterocycles. The van der Waals surface area contributed by atoms with Crippen molar-refractivity contribution in [1.82, 2.24) is 10.2 Å². The Bertz CT molecular complexity index is 244. The lowest BCUT2D eigenvalue weighted by atomic mass is 10.2. The van der Waals surface area contributed by atoms with Crippen LogP contribution in [0.5, 0.6) is 0 Å². The van der Waals surface area contributed by atoms with E-state index in [4.69, 9.17) is 5.11 Å². The van der Waals surface area contributed by atoms with Crippen LogP contribution in [0, 0.1) is 0 Å². The van der Waals surface area contributed by atoms with Crippen LogP contribution in [-0.4, -0.2) is 46.6 Å². The van der Waals surface area contributed by atoms with Crippen LogP contribution in [0.2, 0.25) is 0 Å². The third-order valence-corrected chi connectivity index (χ3v) is 2.33. The van der Waals surface area contributed by atoms with Gasteiger partial charge in [0, 0.05) is 12.1 Å². The summed E-state index contributed by atoms with van der Waals surface area (Å²) in [5, 5.41) is 11.3. The second kappa shape index (κ2) is 6.48. The molecule has 0 saturated heterocycles. The molecule has 0 aromatic rings. The largest absolute Gasteiger partial charge is 0.480 e. The average molecular weight is 230 g/mol. The first kappa shape index (κ1) is 14.9. The molecule has 0 saturated carbocycles. The summed E-state index contributed by atoms with van der Waals surface area (Å²) in [7, 11) is 0. The number of carboxylic acid groups (broad SMARTS) is 1. The molecule has 0 rings (SSSR count). The van der Waals surface area contributed by atoms with Gasteiger partial charge in [-0.25, -0.2) is 0 Å². The molecule has 0 spiro atoms. The number of rotatable bonds is 6. The molecule has 0 radical (unpaired) electrons. The highest BCUT2D eigenvalue weighted by Crippen LogP contribution is 2.04. The van der Waals surface area contributed by atoms with E-state index in [-0.39, 0.29) is 24.5 Å². The normalized spacial score (nSPS) is 12.9. The Labute approximate surface area is 96.8 Å². The van der Waals surface area contributed by atoms with Crippen LogP contribution in [0.4, 0.5) is 0 Å². The van der Waals surface area contributed by atoms with E-state index in [2.05, 4.69) is 5.32 Å². The standard InChI is InChI=1S/C11H22N2O3/c1-7(2)13(8(3)4)10(14)6-12-9(5)11(15)16/h7-9,12H,6H2,1-5H3,(H,15,16). The summed E-state index contributed by atoms with van der Waals surface area (Å²) in [4.78, 5) is 24.1. The van der Waals surface area contributed by atoms with Gasteiger partial charge in [-0.3, -0.25) is 14.9 Å². The van der Waals surface area contributed by atoms with E-state index in [1.165, 1.54) is 6.92 Å². The summed E-state index contributed by atoms with van der Waals surface area (Å²) in [6.45, 7) is 9.35. The molecule has 5 heteroatoms. The van der Waals surface area contributed by atoms with Gasteiger partial charge >= 0.3 is 5.97 Å². The van der Waals surface area contributed by atoms with E-state index in [1.807, 2.05) is 27.7 Å². The molecule has 0 aliphatic heterocycles. The molecule has 94 valence electrons. The topological polar surface area (TPSA) is 69.6 Å². The Morgan fingerprint density at radius 2 is 1.56 bits per heavy atom. The summed E-state index contributed by atoms with van der Waals surface area (Å²) in [5.74, 6) is -1.02. The zero-order valence-electron chi connectivity index (χ0n) is 10.7. The lowest BCUT2D eigenvalue weighted by Gasteiger charge is -2.31. The van der Waals surface area contributed by atoms with Crippen LogP contribution in [0.3, 0.4) is 0 Å². The zero-order chi connectivity index (χ0) is 12.9. The number of carbonyl (C=O) groups excluding carboxylic acids is 1. The summed E-state index contributed by atoms with van der Waals surface area (Å²) in [5.41, 5.74) is 0. The highest BCUT2D eigenvalue weighted by molar-refractivity contribution is 5.80. The quantitative estimate of drug-likeness (QED) is 0.704. The number of carbonyl (C=O) groups is 2. The summed E-state index contributed by atoms with van der Waals surface area (Å²) >= 11 is 0. The van der Waals surface area contributed by atoms with Crippen LogP contribution in [-0.2, 0) is 9.59 Å². The molecule has 1 unspecified atom stereocenters. The molecular weight excluding hydrogens is 208 g/mol. The van der Waals surface area contributed by atoms with Crippen LogP contribution in [0.25, 0.3) is 0 Å². The predicted octanol–water partition coefficient (Wildman–Crippen LogP) is 0.695. The number of nitrogens with one attached hydrogen (secondary N) is 1. The molecule has 1 amide bonds. The summed E-state index contributed by atoms with van der Waals surface area (Å²) in [6, 6.07) is -0.464. The second-order valence-corrected chi connectivity index (χ2v) is 4.43. The molecule has 0 aromatic carbocycles. The molecule has 0 fully saturated rings. The fourth-order valence-electron chi connectivity index (χ4n) is 1.59. The monoisotopic (exact) mass is 230 g/mol. The van der Waals surface area contributed by atoms with E-state index < -0.39 is 12.0 Å². The fourth-order valence-corrected chi connectivity index (χ4v) is 1.59. The van der Waals surface area contributed by atoms with E-state index in [1.54, 1.807) is 4.90 Å². The zero-order valence-corrected chi connectivity index (χ0v) is 10.7. The Hall–Kier alpha value is -1.10. The van der Waals surface area contributed by atoms with Crippen LogP contribution >= 0.6 is 0 Å². The summed E-state index contributed by atoms with van der Waals surface area (Å²) < 4.78 is 0. The van der Waals surface area contributed by atoms with E-state index in [0.29, 0.717) is 0 Å². The van der Waals surface area contributed by atoms with Crippen LogP contribution < -0.4 is 5.32 Å². The van der Waals surface area contributed by atoms with Gasteiger partial charge in [-0.15, -0.1) is 0 Å². The maximum atomic E-state index is 11.8. The smallest absolute Gasteiger partial charge is 0.320 e. The number of carboxylic acids is 1. The minimum absolute atomic E-state index is 0.0594. The highest BCUT2D eigenvalue weighted by Gasteiger charge is 2.21. The molecule has 2 N–H and O–H groups in total. The van der Waals surface area contributed by atoms with Gasteiger partial charge in [-0.1, -0.05) is 0 Å². The Kier molecular flexibility index (Phi) is 6.03. The Balaban J connectivity index is 4.27. The maximum Gasteiger partial charge on any atom is 0.320 e. The van der Waals surface area contributed by atoms with Gasteiger partial charge in [0.05, 0.1) is 6.54 Å². The lowest BCUT2D eigenvalue weighted by molar-refractivity contribution is -0.139. The minimum atomic E-state index is -0.951. The first-order chi connectivity index (χ1) is 7.27. The van der Waals surface area contributed by atoms with Gasteiger partial charge in [0.2, 0.25) is 5.91 Å². The highest BCUT2D eigenvalue weighted by atomic mass is 16.4. The molecule has 0 bridgehead atoms. The number of aliphatic carboxylic acids is 1. The predicted molar refractivity (Wildman–Crippen MR) is 62.2 cm³/mol. The van der Waals surface area contributed by atoms with E-state index >= 15 is 0 Å². The first-order valence-electron chi connectivity index (χ1n) is 5.54. The van der Waals surface area contributed by atoms with Crippen molar-refractivity contribution in [1.29, 1.82) is 0 Å². The van der Waals surface area contributed by atoms with Gasteiger partial charge in [0.1, 0.15) is 6.04 Å². The van der Waals surface area contributed by atoms with Crippen molar-refractivity contribution in [2.24, 2.45) is 0 Å². The van der Waals surface area contributed by atoms with Gasteiger partial charge in [0.25, 0.3) is 0 Å². The second-order valence-electron chi connectivity index (χ2n) is 4.43. The van der Waals surface area contributed by atoms with E-state index in [0.717, 1.165) is 0 Å². The lowest BCUT2D eigenvalue weighted by Crippen LogP contribution is -2.48. The molecule has 16 heavy (non-hydrogen) atoms. The number of nitrogens with zero attached hydrogens (tertiary/aromatic N) is 1. The third-order valence-electron chi connectivity index (χ3n) is 2.33. The summed E-state index contributed by atoms with van der Waals surface area (Å²) in [6.07, 6.45) is 0. The van der Waals surface area contributed by atoms with Gasteiger partial charge in [-0.2, -0.15) is 0 Å². The minimum Gasteiger partial charge on any atom is -0.480 e. The van der Waals surface area contributed by atoms with Crippen molar-refractivity contribution in [2.45, 2.75) is 52.7 Å². The van der Waals surface area contributed by atoms with Crippen molar-refractivity contribution in [3.8, 4) is 0 Å². The van der Waals surface area contributed by atoms with Gasteiger partial charge < -0.3 is 10.0 Å². The van der Waals surface area contributed by atoms with Crippen LogP contribution in [0.1, 0.15) is 34.6 Å². The molecule has 1 atom stereocenters. The van der Waals surface area contributed by atoms with Crippen molar-refractivity contribution < 1.29 is 14.7 Å². The van der Waals surface area contributed by atoms with Crippen molar-refractivity contribution >= 4 is 11.9 Å². The van der Waals surface area contributed by atoms with Crippen molar-refractivity contribution in [2.75, 3.05) is 6.54 Å².